The molecule has 2 rings (SSSR count). The summed E-state index contributed by atoms with van der Waals surface area (Å²) < 4.78 is 0. The first kappa shape index (κ1) is 25.6. The number of likely N-dealkylation sites (N-methyl/N-ethyl adjacent to an activating group) is 1. The number of rotatable bonds is 12. The van der Waals surface area contributed by atoms with Crippen molar-refractivity contribution in [1.29, 1.82) is 0 Å². The van der Waals surface area contributed by atoms with Gasteiger partial charge >= 0.3 is 7.12 Å². The minimum Gasteiger partial charge on any atom is -0.426 e. The fraction of sp³-hybridized carbons (Fsp3) is 0.417. The molecule has 0 saturated carbocycles. The van der Waals surface area contributed by atoms with Gasteiger partial charge < -0.3 is 26.0 Å². The molecule has 0 aromatic heterocycles. The van der Waals surface area contributed by atoms with E-state index in [1.165, 1.54) is 4.90 Å². The maximum atomic E-state index is 12.7. The van der Waals surface area contributed by atoms with Crippen molar-refractivity contribution >= 4 is 18.9 Å². The third-order valence-electron chi connectivity index (χ3n) is 5.42. The van der Waals surface area contributed by atoms with Crippen molar-refractivity contribution in [1.82, 2.24) is 10.2 Å². The van der Waals surface area contributed by atoms with Crippen LogP contribution in [0.1, 0.15) is 31.7 Å². The van der Waals surface area contributed by atoms with E-state index in [9.17, 15) is 9.59 Å². The summed E-state index contributed by atoms with van der Waals surface area (Å²) in [7, 11) is 0.118. The maximum absolute atomic E-state index is 12.7. The molecule has 2 aromatic rings. The summed E-state index contributed by atoms with van der Waals surface area (Å²) in [5.41, 5.74) is 8.88. The van der Waals surface area contributed by atoms with Gasteiger partial charge in [-0.1, -0.05) is 67.9 Å². The van der Waals surface area contributed by atoms with Gasteiger partial charge in [0.2, 0.25) is 11.8 Å². The van der Waals surface area contributed by atoms with E-state index in [0.717, 1.165) is 16.7 Å². The zero-order valence-electron chi connectivity index (χ0n) is 18.9. The number of amides is 2. The third kappa shape index (κ3) is 8.46. The summed E-state index contributed by atoms with van der Waals surface area (Å²) in [6, 6.07) is 18.3. The molecular weight excluding hydrogens is 405 g/mol. The monoisotopic (exact) mass is 439 g/mol. The van der Waals surface area contributed by atoms with E-state index in [4.69, 9.17) is 15.8 Å². The first-order valence-corrected chi connectivity index (χ1v) is 11.1. The van der Waals surface area contributed by atoms with Gasteiger partial charge in [0.1, 0.15) is 0 Å². The van der Waals surface area contributed by atoms with Crippen LogP contribution >= 0.6 is 0 Å². The summed E-state index contributed by atoms with van der Waals surface area (Å²) in [5, 5.41) is 20.7. The lowest BCUT2D eigenvalue weighted by atomic mass is 9.77. The fourth-order valence-corrected chi connectivity index (χ4v) is 3.56. The van der Waals surface area contributed by atoms with Gasteiger partial charge in [0.25, 0.3) is 0 Å². The molecule has 2 atom stereocenters. The third-order valence-corrected chi connectivity index (χ3v) is 5.42. The number of nitrogens with two attached hydrogens (primary N) is 1. The van der Waals surface area contributed by atoms with Crippen LogP contribution in [0.15, 0.2) is 54.6 Å². The van der Waals surface area contributed by atoms with Crippen molar-refractivity contribution in [3.63, 3.8) is 0 Å². The summed E-state index contributed by atoms with van der Waals surface area (Å²) >= 11 is 0. The van der Waals surface area contributed by atoms with E-state index >= 15 is 0 Å². The van der Waals surface area contributed by atoms with Crippen LogP contribution in [0.5, 0.6) is 0 Å². The molecule has 172 valence electrons. The predicted octanol–water partition coefficient (Wildman–Crippen LogP) is 1.62. The number of hydrogen-bond acceptors (Lipinski definition) is 5. The lowest BCUT2D eigenvalue weighted by Crippen LogP contribution is -2.41. The molecule has 32 heavy (non-hydrogen) atoms. The van der Waals surface area contributed by atoms with Gasteiger partial charge in [0.05, 0.1) is 6.54 Å². The molecule has 0 saturated heterocycles. The molecule has 0 heterocycles. The second-order valence-electron chi connectivity index (χ2n) is 8.29. The van der Waals surface area contributed by atoms with Crippen molar-refractivity contribution in [2.45, 2.75) is 38.5 Å². The lowest BCUT2D eigenvalue weighted by molar-refractivity contribution is -0.137. The molecule has 0 aliphatic carbocycles. The molecule has 0 aliphatic rings. The topological polar surface area (TPSA) is 116 Å². The number of unbranched alkanes of at least 4 members (excludes halogenated alkanes) is 1. The van der Waals surface area contributed by atoms with Crippen LogP contribution in [-0.4, -0.2) is 60.0 Å². The molecule has 0 bridgehead atoms. The molecule has 5 N–H and O–H groups in total. The molecule has 2 amide bonds. The first-order chi connectivity index (χ1) is 15.3. The van der Waals surface area contributed by atoms with E-state index in [1.54, 1.807) is 7.05 Å². The second-order valence-corrected chi connectivity index (χ2v) is 8.29. The Hall–Kier alpha value is -2.68. The summed E-state index contributed by atoms with van der Waals surface area (Å²) in [6.45, 7) is 2.34. The number of nitrogens with zero attached hydrogens (tertiary/aromatic N) is 1. The van der Waals surface area contributed by atoms with E-state index in [2.05, 4.69) is 29.6 Å². The molecule has 0 aliphatic heterocycles. The SMILES string of the molecule is CC(Cc1cccc(-c2ccccc2)c1)C(=O)N(C)CC(=O)NCCCCC(N)B(O)O. The summed E-state index contributed by atoms with van der Waals surface area (Å²) in [6.07, 6.45) is 2.42. The molecule has 7 nitrogen and oxygen atoms in total. The zero-order valence-corrected chi connectivity index (χ0v) is 18.9. The molecule has 0 fully saturated rings. The fourth-order valence-electron chi connectivity index (χ4n) is 3.56. The Morgan fingerprint density at radius 1 is 1.06 bits per heavy atom. The highest BCUT2D eigenvalue weighted by Gasteiger charge is 2.20. The Bertz CT molecular complexity index is 863. The number of hydrogen-bond donors (Lipinski definition) is 4. The van der Waals surface area contributed by atoms with Gasteiger partial charge in [0.15, 0.2) is 0 Å². The molecule has 0 spiro atoms. The highest BCUT2D eigenvalue weighted by atomic mass is 16.4. The molecule has 2 aromatic carbocycles. The van der Waals surface area contributed by atoms with Crippen molar-refractivity contribution < 1.29 is 19.6 Å². The first-order valence-electron chi connectivity index (χ1n) is 11.1. The molecule has 8 heteroatoms. The van der Waals surface area contributed by atoms with Gasteiger partial charge in [-0.25, -0.2) is 0 Å². The van der Waals surface area contributed by atoms with Gasteiger partial charge in [0, 0.05) is 25.5 Å². The van der Waals surface area contributed by atoms with E-state index in [0.29, 0.717) is 32.2 Å². The number of carbonyl (C=O) groups is 2. The van der Waals surface area contributed by atoms with Crippen LogP contribution in [0.25, 0.3) is 11.1 Å². The van der Waals surface area contributed by atoms with E-state index in [1.807, 2.05) is 37.3 Å². The standard InChI is InChI=1S/C24H34BN3O4/c1-18(15-19-9-8-12-21(16-19)20-10-4-3-5-11-20)24(30)28(2)17-23(29)27-14-7-6-13-22(26)25(31)32/h3-5,8-12,16,18,22,31-32H,6-7,13-15,17,26H2,1-2H3,(H,27,29). The number of carbonyl (C=O) groups excluding carboxylic acids is 2. The average molecular weight is 439 g/mol. The quantitative estimate of drug-likeness (QED) is 0.296. The lowest BCUT2D eigenvalue weighted by Gasteiger charge is -2.21. The van der Waals surface area contributed by atoms with Crippen LogP contribution in [0, 0.1) is 5.92 Å². The van der Waals surface area contributed by atoms with Crippen LogP contribution in [0.3, 0.4) is 0 Å². The summed E-state index contributed by atoms with van der Waals surface area (Å²) in [4.78, 5) is 26.3. The molecule has 0 radical (unpaired) electrons. The normalized spacial score (nSPS) is 12.7. The summed E-state index contributed by atoms with van der Waals surface area (Å²) in [5.74, 6) is -1.21. The zero-order chi connectivity index (χ0) is 23.5. The molecule has 2 unspecified atom stereocenters. The highest BCUT2D eigenvalue weighted by Crippen LogP contribution is 2.21. The van der Waals surface area contributed by atoms with E-state index < -0.39 is 13.1 Å². The Kier molecular flexibility index (Phi) is 10.4. The highest BCUT2D eigenvalue weighted by molar-refractivity contribution is 6.43. The Morgan fingerprint density at radius 2 is 1.75 bits per heavy atom. The van der Waals surface area contributed by atoms with Crippen LogP contribution in [-0.2, 0) is 16.0 Å². The maximum Gasteiger partial charge on any atom is 0.469 e. The minimum atomic E-state index is -1.52. The van der Waals surface area contributed by atoms with Gasteiger partial charge in [-0.3, -0.25) is 9.59 Å². The van der Waals surface area contributed by atoms with Crippen LogP contribution in [0.4, 0.5) is 0 Å². The van der Waals surface area contributed by atoms with Crippen LogP contribution in [0.2, 0.25) is 0 Å². The Balaban J connectivity index is 1.77. The second kappa shape index (κ2) is 13.0. The largest absolute Gasteiger partial charge is 0.469 e. The smallest absolute Gasteiger partial charge is 0.426 e. The van der Waals surface area contributed by atoms with Crippen molar-refractivity contribution in [2.75, 3.05) is 20.1 Å². The average Bonchev–Trinajstić information content (AvgIpc) is 2.78. The van der Waals surface area contributed by atoms with Crippen molar-refractivity contribution in [3.05, 3.63) is 60.2 Å². The van der Waals surface area contributed by atoms with Gasteiger partial charge in [-0.15, -0.1) is 0 Å². The Labute approximate surface area is 190 Å². The van der Waals surface area contributed by atoms with Crippen LogP contribution < -0.4 is 11.1 Å². The number of nitrogens with one attached hydrogen (secondary N) is 1. The van der Waals surface area contributed by atoms with Crippen molar-refractivity contribution in [3.8, 4) is 11.1 Å². The Morgan fingerprint density at radius 3 is 2.44 bits per heavy atom. The van der Waals surface area contributed by atoms with E-state index in [-0.39, 0.29) is 24.3 Å². The van der Waals surface area contributed by atoms with Gasteiger partial charge in [-0.2, -0.15) is 0 Å². The minimum absolute atomic E-state index is 0.00208. The predicted molar refractivity (Wildman–Crippen MR) is 127 cm³/mol. The number of benzene rings is 2. The van der Waals surface area contributed by atoms with Crippen molar-refractivity contribution in [2.24, 2.45) is 11.7 Å². The molecular formula is C24H34BN3O4. The van der Waals surface area contributed by atoms with Gasteiger partial charge in [-0.05, 0) is 36.0 Å².